The van der Waals surface area contributed by atoms with Crippen molar-refractivity contribution in [2.75, 3.05) is 31.1 Å². The molecule has 0 amide bonds. The van der Waals surface area contributed by atoms with Gasteiger partial charge in [-0.2, -0.15) is 5.10 Å². The van der Waals surface area contributed by atoms with E-state index < -0.39 is 0 Å². The maximum absolute atomic E-state index is 11.9. The lowest BCUT2D eigenvalue weighted by atomic mass is 10.2. The number of rotatable bonds is 3. The van der Waals surface area contributed by atoms with Gasteiger partial charge in [-0.3, -0.25) is 14.7 Å². The largest absolute Gasteiger partial charge is 0.366 e. The second kappa shape index (κ2) is 6.68. The molecule has 1 aliphatic heterocycles. The predicted molar refractivity (Wildman–Crippen MR) is 91.0 cm³/mol. The Bertz CT molecular complexity index is 752. The second-order valence-electron chi connectivity index (χ2n) is 5.78. The average Bonchev–Trinajstić information content (AvgIpc) is 2.56. The fraction of sp³-hybridized carbons (Fsp3) is 0.438. The van der Waals surface area contributed by atoms with E-state index in [2.05, 4.69) is 25.9 Å². The highest BCUT2D eigenvalue weighted by Crippen LogP contribution is 2.22. The van der Waals surface area contributed by atoms with Crippen LogP contribution in [0.5, 0.6) is 0 Å². The standard InChI is InChI=1S/C16H20ClN5O/c1-12-13(4-3-5-18-12)11-21-6-8-22(9-7-21)14-10-19-20(2)16(23)15(14)17/h3-5,10H,6-9,11H2,1-2H3. The van der Waals surface area contributed by atoms with E-state index in [1.165, 1.54) is 10.2 Å². The summed E-state index contributed by atoms with van der Waals surface area (Å²) in [5.41, 5.74) is 2.81. The monoisotopic (exact) mass is 333 g/mol. The molecule has 3 heterocycles. The summed E-state index contributed by atoms with van der Waals surface area (Å²) in [6.07, 6.45) is 3.49. The first kappa shape index (κ1) is 16.0. The van der Waals surface area contributed by atoms with Crippen LogP contribution in [0.1, 0.15) is 11.3 Å². The summed E-state index contributed by atoms with van der Waals surface area (Å²) in [4.78, 5) is 20.8. The molecule has 2 aromatic rings. The van der Waals surface area contributed by atoms with Crippen LogP contribution in [-0.2, 0) is 13.6 Å². The Balaban J connectivity index is 1.66. The van der Waals surface area contributed by atoms with Gasteiger partial charge in [0.15, 0.2) is 0 Å². The van der Waals surface area contributed by atoms with E-state index in [4.69, 9.17) is 11.6 Å². The Labute approximate surface area is 140 Å². The molecular weight excluding hydrogens is 314 g/mol. The van der Waals surface area contributed by atoms with E-state index in [1.807, 2.05) is 19.2 Å². The van der Waals surface area contributed by atoms with Crippen LogP contribution < -0.4 is 10.5 Å². The minimum absolute atomic E-state index is 0.249. The molecule has 23 heavy (non-hydrogen) atoms. The second-order valence-corrected chi connectivity index (χ2v) is 6.16. The zero-order valence-corrected chi connectivity index (χ0v) is 14.1. The van der Waals surface area contributed by atoms with E-state index in [-0.39, 0.29) is 10.6 Å². The van der Waals surface area contributed by atoms with Gasteiger partial charge >= 0.3 is 0 Å². The van der Waals surface area contributed by atoms with Crippen molar-refractivity contribution in [3.63, 3.8) is 0 Å². The molecule has 0 bridgehead atoms. The lowest BCUT2D eigenvalue weighted by Crippen LogP contribution is -2.46. The number of hydrogen-bond acceptors (Lipinski definition) is 5. The smallest absolute Gasteiger partial charge is 0.287 e. The number of piperazine rings is 1. The lowest BCUT2D eigenvalue weighted by molar-refractivity contribution is 0.249. The Morgan fingerprint density at radius 2 is 2.00 bits per heavy atom. The van der Waals surface area contributed by atoms with Crippen molar-refractivity contribution < 1.29 is 0 Å². The summed E-state index contributed by atoms with van der Waals surface area (Å²) >= 11 is 6.18. The molecular formula is C16H20ClN5O. The third kappa shape index (κ3) is 3.38. The molecule has 0 N–H and O–H groups in total. The van der Waals surface area contributed by atoms with E-state index in [0.717, 1.165) is 44.1 Å². The van der Waals surface area contributed by atoms with Crippen molar-refractivity contribution in [1.29, 1.82) is 0 Å². The van der Waals surface area contributed by atoms with Gasteiger partial charge in [0, 0.05) is 51.7 Å². The Kier molecular flexibility index (Phi) is 4.63. The number of nitrogens with zero attached hydrogens (tertiary/aromatic N) is 5. The van der Waals surface area contributed by atoms with Crippen LogP contribution >= 0.6 is 11.6 Å². The van der Waals surface area contributed by atoms with Crippen molar-refractivity contribution in [3.8, 4) is 0 Å². The molecule has 1 saturated heterocycles. The maximum atomic E-state index is 11.9. The average molecular weight is 334 g/mol. The number of pyridine rings is 1. The molecule has 0 spiro atoms. The molecule has 0 radical (unpaired) electrons. The zero-order valence-electron chi connectivity index (χ0n) is 13.4. The van der Waals surface area contributed by atoms with Crippen molar-refractivity contribution in [2.45, 2.75) is 13.5 Å². The molecule has 1 fully saturated rings. The minimum Gasteiger partial charge on any atom is -0.366 e. The normalized spacial score (nSPS) is 15.9. The fourth-order valence-electron chi connectivity index (χ4n) is 2.79. The quantitative estimate of drug-likeness (QED) is 0.851. The Hall–Kier alpha value is -1.92. The van der Waals surface area contributed by atoms with Crippen LogP contribution in [0.2, 0.25) is 5.02 Å². The lowest BCUT2D eigenvalue weighted by Gasteiger charge is -2.36. The van der Waals surface area contributed by atoms with Crippen molar-refractivity contribution in [2.24, 2.45) is 7.05 Å². The topological polar surface area (TPSA) is 54.3 Å². The van der Waals surface area contributed by atoms with Gasteiger partial charge < -0.3 is 4.90 Å². The molecule has 0 aliphatic carbocycles. The first-order valence-electron chi connectivity index (χ1n) is 7.66. The highest BCUT2D eigenvalue weighted by Gasteiger charge is 2.21. The van der Waals surface area contributed by atoms with Crippen LogP contribution in [0, 0.1) is 6.92 Å². The van der Waals surface area contributed by atoms with Gasteiger partial charge in [-0.1, -0.05) is 17.7 Å². The summed E-state index contributed by atoms with van der Waals surface area (Å²) in [6, 6.07) is 4.10. The summed E-state index contributed by atoms with van der Waals surface area (Å²) in [7, 11) is 1.60. The Morgan fingerprint density at radius 3 is 2.70 bits per heavy atom. The maximum Gasteiger partial charge on any atom is 0.287 e. The van der Waals surface area contributed by atoms with Gasteiger partial charge in [-0.05, 0) is 18.6 Å². The summed E-state index contributed by atoms with van der Waals surface area (Å²) < 4.78 is 1.26. The molecule has 2 aromatic heterocycles. The SMILES string of the molecule is Cc1ncccc1CN1CCN(c2cnn(C)c(=O)c2Cl)CC1. The number of halogens is 1. The first-order chi connectivity index (χ1) is 11.1. The molecule has 1 aliphatic rings. The van der Waals surface area contributed by atoms with E-state index >= 15 is 0 Å². The van der Waals surface area contributed by atoms with Gasteiger partial charge in [-0.25, -0.2) is 4.68 Å². The number of aromatic nitrogens is 3. The van der Waals surface area contributed by atoms with Gasteiger partial charge in [-0.15, -0.1) is 0 Å². The third-order valence-electron chi connectivity index (χ3n) is 4.28. The molecule has 122 valence electrons. The highest BCUT2D eigenvalue weighted by molar-refractivity contribution is 6.33. The summed E-state index contributed by atoms with van der Waals surface area (Å²) in [5.74, 6) is 0. The minimum atomic E-state index is -0.252. The summed E-state index contributed by atoms with van der Waals surface area (Å²) in [6.45, 7) is 6.42. The highest BCUT2D eigenvalue weighted by atomic mass is 35.5. The molecule has 7 heteroatoms. The van der Waals surface area contributed by atoms with E-state index in [9.17, 15) is 4.79 Å². The summed E-state index contributed by atoms with van der Waals surface area (Å²) in [5, 5.41) is 4.32. The number of anilines is 1. The van der Waals surface area contributed by atoms with Gasteiger partial charge in [0.25, 0.3) is 5.56 Å². The fourth-order valence-corrected chi connectivity index (χ4v) is 3.09. The molecule has 0 unspecified atom stereocenters. The molecule has 0 saturated carbocycles. The third-order valence-corrected chi connectivity index (χ3v) is 4.64. The van der Waals surface area contributed by atoms with Crippen LogP contribution in [0.4, 0.5) is 5.69 Å². The molecule has 3 rings (SSSR count). The molecule has 6 nitrogen and oxygen atoms in total. The van der Waals surface area contributed by atoms with Crippen LogP contribution in [0.15, 0.2) is 29.3 Å². The predicted octanol–water partition coefficient (Wildman–Crippen LogP) is 1.46. The zero-order chi connectivity index (χ0) is 16.4. The van der Waals surface area contributed by atoms with Crippen LogP contribution in [0.25, 0.3) is 0 Å². The first-order valence-corrected chi connectivity index (χ1v) is 8.03. The van der Waals surface area contributed by atoms with Gasteiger partial charge in [0.2, 0.25) is 0 Å². The van der Waals surface area contributed by atoms with Gasteiger partial charge in [0.05, 0.1) is 11.9 Å². The van der Waals surface area contributed by atoms with Gasteiger partial charge in [0.1, 0.15) is 5.02 Å². The van der Waals surface area contributed by atoms with Crippen LogP contribution in [-0.4, -0.2) is 45.8 Å². The van der Waals surface area contributed by atoms with Crippen molar-refractivity contribution in [1.82, 2.24) is 19.7 Å². The molecule has 0 aromatic carbocycles. The molecule has 0 atom stereocenters. The Morgan fingerprint density at radius 1 is 1.26 bits per heavy atom. The van der Waals surface area contributed by atoms with Crippen molar-refractivity contribution >= 4 is 17.3 Å². The number of aryl methyl sites for hydroxylation is 2. The number of hydrogen-bond donors (Lipinski definition) is 0. The van der Waals surface area contributed by atoms with E-state index in [1.54, 1.807) is 13.2 Å². The van der Waals surface area contributed by atoms with Crippen LogP contribution in [0.3, 0.4) is 0 Å². The van der Waals surface area contributed by atoms with Crippen molar-refractivity contribution in [3.05, 3.63) is 51.2 Å². The van der Waals surface area contributed by atoms with E-state index in [0.29, 0.717) is 0 Å².